The van der Waals surface area contributed by atoms with Crippen molar-refractivity contribution in [2.75, 3.05) is 17.2 Å². The summed E-state index contributed by atoms with van der Waals surface area (Å²) in [7, 11) is 0. The van der Waals surface area contributed by atoms with Crippen molar-refractivity contribution in [1.29, 1.82) is 0 Å². The zero-order chi connectivity index (χ0) is 21.7. The van der Waals surface area contributed by atoms with Crippen LogP contribution in [0.1, 0.15) is 42.4 Å². The van der Waals surface area contributed by atoms with Gasteiger partial charge in [-0.25, -0.2) is 0 Å². The molecule has 0 aromatic heterocycles. The van der Waals surface area contributed by atoms with Gasteiger partial charge in [0.1, 0.15) is 5.75 Å². The molecule has 2 aliphatic rings. The van der Waals surface area contributed by atoms with Crippen LogP contribution in [0.25, 0.3) is 6.08 Å². The summed E-state index contributed by atoms with van der Waals surface area (Å²) in [5.41, 5.74) is -1.18. The number of halogens is 4. The first-order valence-corrected chi connectivity index (χ1v) is 10.1. The molecule has 2 aromatic rings. The van der Waals surface area contributed by atoms with Crippen molar-refractivity contribution >= 4 is 29.1 Å². The Labute approximate surface area is 177 Å². The number of rotatable bonds is 3. The smallest absolute Gasteiger partial charge is 0.421 e. The molecule has 0 saturated heterocycles. The molecule has 1 heterocycles. The van der Waals surface area contributed by atoms with Crippen LogP contribution >= 0.6 is 11.6 Å². The fourth-order valence-corrected chi connectivity index (χ4v) is 4.92. The van der Waals surface area contributed by atoms with Gasteiger partial charge in [-0.2, -0.15) is 13.2 Å². The standard InChI is InChI=1S/C22H22ClF3N2O2/c1-2-13-12-20(30,22(24,25)26)21(23,15-7-3-10-18(29)19(13)15)28-17-9-4-8-16-14(17)6-5-11-27-16/h3-10,13,27-30H,2,11-12H2,1H3/t13-,20-,21+/m0/s1. The molecule has 0 spiro atoms. The quantitative estimate of drug-likeness (QED) is 0.376. The van der Waals surface area contributed by atoms with Gasteiger partial charge in [0, 0.05) is 34.6 Å². The van der Waals surface area contributed by atoms with E-state index in [0.29, 0.717) is 29.8 Å². The average Bonchev–Trinajstić information content (AvgIpc) is 2.70. The second-order valence-electron chi connectivity index (χ2n) is 7.74. The zero-order valence-corrected chi connectivity index (χ0v) is 17.0. The largest absolute Gasteiger partial charge is 0.508 e. The maximum Gasteiger partial charge on any atom is 0.421 e. The molecule has 0 saturated carbocycles. The summed E-state index contributed by atoms with van der Waals surface area (Å²) in [5, 5.41) is 27.5. The summed E-state index contributed by atoms with van der Waals surface area (Å²) < 4.78 is 42.9. The monoisotopic (exact) mass is 438 g/mol. The minimum atomic E-state index is -5.01. The molecule has 4 rings (SSSR count). The van der Waals surface area contributed by atoms with Gasteiger partial charge in [-0.1, -0.05) is 48.9 Å². The first-order valence-electron chi connectivity index (χ1n) is 9.74. The van der Waals surface area contributed by atoms with E-state index < -0.39 is 29.1 Å². The number of hydrogen-bond donors (Lipinski definition) is 4. The van der Waals surface area contributed by atoms with Gasteiger partial charge in [0.25, 0.3) is 0 Å². The highest BCUT2D eigenvalue weighted by molar-refractivity contribution is 6.26. The second kappa shape index (κ2) is 7.10. The molecule has 0 fully saturated rings. The maximum absolute atomic E-state index is 14.3. The Morgan fingerprint density at radius 2 is 1.97 bits per heavy atom. The van der Waals surface area contributed by atoms with Crippen LogP contribution in [0.5, 0.6) is 5.75 Å². The van der Waals surface area contributed by atoms with E-state index in [1.54, 1.807) is 25.1 Å². The normalized spacial score (nSPS) is 27.7. The Balaban J connectivity index is 1.95. The van der Waals surface area contributed by atoms with E-state index >= 15 is 0 Å². The maximum atomic E-state index is 14.3. The topological polar surface area (TPSA) is 64.5 Å². The molecular weight excluding hydrogens is 417 g/mol. The molecule has 4 nitrogen and oxygen atoms in total. The van der Waals surface area contributed by atoms with E-state index in [1.807, 2.05) is 12.1 Å². The third-order valence-electron chi connectivity index (χ3n) is 6.04. The molecule has 1 aliphatic carbocycles. The zero-order valence-electron chi connectivity index (χ0n) is 16.2. The van der Waals surface area contributed by atoms with Crippen LogP contribution in [-0.2, 0) is 5.00 Å². The highest BCUT2D eigenvalue weighted by Crippen LogP contribution is 2.59. The number of nitrogens with one attached hydrogen (secondary N) is 2. The Morgan fingerprint density at radius 3 is 2.67 bits per heavy atom. The summed E-state index contributed by atoms with van der Waals surface area (Å²) in [6.07, 6.45) is -1.73. The Bertz CT molecular complexity index is 1010. The number of phenols is 1. The number of benzene rings is 2. The van der Waals surface area contributed by atoms with Crippen LogP contribution in [0.3, 0.4) is 0 Å². The van der Waals surface area contributed by atoms with Gasteiger partial charge < -0.3 is 20.8 Å². The minimum Gasteiger partial charge on any atom is -0.508 e. The van der Waals surface area contributed by atoms with Gasteiger partial charge in [0.15, 0.2) is 5.00 Å². The predicted octanol–water partition coefficient (Wildman–Crippen LogP) is 5.53. The van der Waals surface area contributed by atoms with Crippen molar-refractivity contribution < 1.29 is 23.4 Å². The van der Waals surface area contributed by atoms with E-state index in [2.05, 4.69) is 10.6 Å². The number of alkyl halides is 4. The molecule has 0 bridgehead atoms. The summed E-state index contributed by atoms with van der Waals surface area (Å²) >= 11 is 6.73. The molecule has 4 N–H and O–H groups in total. The molecule has 0 unspecified atom stereocenters. The minimum absolute atomic E-state index is 0.0208. The molecule has 1 aliphatic heterocycles. The Morgan fingerprint density at radius 1 is 1.23 bits per heavy atom. The van der Waals surface area contributed by atoms with Crippen molar-refractivity contribution in [2.45, 2.75) is 42.5 Å². The molecular formula is C22H22ClF3N2O2. The van der Waals surface area contributed by atoms with E-state index in [0.717, 1.165) is 5.69 Å². The second-order valence-corrected chi connectivity index (χ2v) is 8.31. The highest BCUT2D eigenvalue weighted by Gasteiger charge is 2.70. The lowest BCUT2D eigenvalue weighted by molar-refractivity contribution is -0.279. The van der Waals surface area contributed by atoms with Gasteiger partial charge in [-0.3, -0.25) is 0 Å². The fraction of sp³-hybridized carbons (Fsp3) is 0.364. The van der Waals surface area contributed by atoms with Crippen LogP contribution < -0.4 is 10.6 Å². The van der Waals surface area contributed by atoms with Crippen LogP contribution in [0, 0.1) is 0 Å². The van der Waals surface area contributed by atoms with Crippen LogP contribution in [0.4, 0.5) is 24.5 Å². The van der Waals surface area contributed by atoms with E-state index in [1.165, 1.54) is 18.2 Å². The predicted molar refractivity (Wildman–Crippen MR) is 112 cm³/mol. The first kappa shape index (κ1) is 20.9. The first-order chi connectivity index (χ1) is 14.1. The summed E-state index contributed by atoms with van der Waals surface area (Å²) in [6, 6.07) is 9.41. The van der Waals surface area contributed by atoms with Crippen molar-refractivity contribution in [2.24, 2.45) is 0 Å². The van der Waals surface area contributed by atoms with Crippen molar-refractivity contribution in [3.8, 4) is 5.75 Å². The molecule has 160 valence electrons. The average molecular weight is 439 g/mol. The lowest BCUT2D eigenvalue weighted by atomic mass is 9.68. The summed E-state index contributed by atoms with van der Waals surface area (Å²) in [4.78, 5) is -2.44. The molecule has 2 aromatic carbocycles. The Hall–Kier alpha value is -2.38. The van der Waals surface area contributed by atoms with E-state index in [9.17, 15) is 23.4 Å². The number of hydrogen-bond acceptors (Lipinski definition) is 4. The van der Waals surface area contributed by atoms with Gasteiger partial charge in [0.05, 0.1) is 0 Å². The number of fused-ring (bicyclic) bond motifs is 2. The lowest BCUT2D eigenvalue weighted by Gasteiger charge is -2.51. The third-order valence-corrected chi connectivity index (χ3v) is 6.65. The molecule has 8 heteroatoms. The molecule has 30 heavy (non-hydrogen) atoms. The van der Waals surface area contributed by atoms with Crippen LogP contribution in [0.15, 0.2) is 42.5 Å². The van der Waals surface area contributed by atoms with Gasteiger partial charge in [-0.05, 0) is 37.0 Å². The number of aliphatic hydroxyl groups is 1. The number of anilines is 2. The van der Waals surface area contributed by atoms with Gasteiger partial charge in [-0.15, -0.1) is 0 Å². The SMILES string of the molecule is CC[C@H]1C[C@@](O)(C(F)(F)F)[C@](Cl)(Nc2cccc3c2C=CCN3)c2cccc(O)c21. The van der Waals surface area contributed by atoms with E-state index in [4.69, 9.17) is 11.6 Å². The van der Waals surface area contributed by atoms with Crippen molar-refractivity contribution in [3.05, 3.63) is 59.2 Å². The number of aromatic hydroxyl groups is 1. The van der Waals surface area contributed by atoms with Crippen LogP contribution in [-0.4, -0.2) is 28.5 Å². The third kappa shape index (κ3) is 2.94. The summed E-state index contributed by atoms with van der Waals surface area (Å²) in [6.45, 7) is 2.32. The van der Waals surface area contributed by atoms with Gasteiger partial charge in [0.2, 0.25) is 5.60 Å². The molecule has 0 amide bonds. The van der Waals surface area contributed by atoms with Crippen molar-refractivity contribution in [3.63, 3.8) is 0 Å². The van der Waals surface area contributed by atoms with Crippen molar-refractivity contribution in [1.82, 2.24) is 0 Å². The number of phenolic OH excluding ortho intramolecular Hbond substituents is 1. The van der Waals surface area contributed by atoms with Gasteiger partial charge >= 0.3 is 6.18 Å². The summed E-state index contributed by atoms with van der Waals surface area (Å²) in [5.74, 6) is -0.834. The fourth-order valence-electron chi connectivity index (χ4n) is 4.47. The lowest BCUT2D eigenvalue weighted by Crippen LogP contribution is -2.64. The van der Waals surface area contributed by atoms with Crippen LogP contribution in [0.2, 0.25) is 0 Å². The highest BCUT2D eigenvalue weighted by atomic mass is 35.5. The molecule has 0 radical (unpaired) electrons. The molecule has 3 atom stereocenters. The van der Waals surface area contributed by atoms with E-state index in [-0.39, 0.29) is 11.3 Å². The Kier molecular flexibility index (Phi) is 4.94.